The molecule has 5 heteroatoms. The molecule has 0 spiro atoms. The van der Waals surface area contributed by atoms with Crippen LogP contribution in [0.4, 0.5) is 0 Å². The van der Waals surface area contributed by atoms with Gasteiger partial charge in [0, 0.05) is 24.1 Å². The Hall–Kier alpha value is -1.65. The molecular formula is C15H23NO4. The van der Waals surface area contributed by atoms with Gasteiger partial charge in [-0.3, -0.25) is 19.3 Å². The molecule has 5 nitrogen and oxygen atoms in total. The normalized spacial score (nSPS) is 15.4. The lowest BCUT2D eigenvalue weighted by atomic mass is 10.0. The summed E-state index contributed by atoms with van der Waals surface area (Å²) in [5, 5.41) is 8.59. The van der Waals surface area contributed by atoms with Crippen molar-refractivity contribution in [2.45, 2.75) is 58.8 Å². The zero-order chi connectivity index (χ0) is 15.1. The lowest BCUT2D eigenvalue weighted by Gasteiger charge is -2.14. The van der Waals surface area contributed by atoms with Crippen molar-refractivity contribution in [3.05, 3.63) is 11.1 Å². The molecule has 1 rings (SSSR count). The van der Waals surface area contributed by atoms with Gasteiger partial charge in [-0.15, -0.1) is 0 Å². The summed E-state index contributed by atoms with van der Waals surface area (Å²) in [4.78, 5) is 35.8. The van der Waals surface area contributed by atoms with Crippen LogP contribution in [0.5, 0.6) is 0 Å². The van der Waals surface area contributed by atoms with Gasteiger partial charge < -0.3 is 5.11 Å². The summed E-state index contributed by atoms with van der Waals surface area (Å²) < 4.78 is 0. The highest BCUT2D eigenvalue weighted by molar-refractivity contribution is 6.19. The third kappa shape index (κ3) is 4.18. The van der Waals surface area contributed by atoms with Crippen molar-refractivity contribution in [1.82, 2.24) is 4.90 Å². The molecule has 20 heavy (non-hydrogen) atoms. The highest BCUT2D eigenvalue weighted by Crippen LogP contribution is 2.25. The Labute approximate surface area is 119 Å². The van der Waals surface area contributed by atoms with Crippen LogP contribution in [0.3, 0.4) is 0 Å². The van der Waals surface area contributed by atoms with E-state index in [1.807, 2.05) is 0 Å². The van der Waals surface area contributed by atoms with Crippen molar-refractivity contribution in [3.63, 3.8) is 0 Å². The predicted molar refractivity (Wildman–Crippen MR) is 75.0 cm³/mol. The Bertz CT molecular complexity index is 426. The topological polar surface area (TPSA) is 74.7 Å². The SMILES string of the molecule is CCCCCCC1=C(C)C(=O)N(CCCC(=O)O)C1=O. The lowest BCUT2D eigenvalue weighted by Crippen LogP contribution is -2.32. The van der Waals surface area contributed by atoms with E-state index in [4.69, 9.17) is 5.11 Å². The number of hydrogen-bond acceptors (Lipinski definition) is 3. The van der Waals surface area contributed by atoms with Gasteiger partial charge in [0.15, 0.2) is 0 Å². The van der Waals surface area contributed by atoms with Crippen molar-refractivity contribution in [1.29, 1.82) is 0 Å². The molecular weight excluding hydrogens is 258 g/mol. The van der Waals surface area contributed by atoms with Gasteiger partial charge in [-0.1, -0.05) is 26.2 Å². The first-order chi connectivity index (χ1) is 9.49. The summed E-state index contributed by atoms with van der Waals surface area (Å²) in [7, 11) is 0. The molecule has 0 aromatic heterocycles. The minimum Gasteiger partial charge on any atom is -0.481 e. The third-order valence-corrected chi connectivity index (χ3v) is 3.57. The van der Waals surface area contributed by atoms with Crippen molar-refractivity contribution >= 4 is 17.8 Å². The second-order valence-electron chi connectivity index (χ2n) is 5.17. The first-order valence-electron chi connectivity index (χ1n) is 7.26. The molecule has 0 saturated heterocycles. The molecule has 1 aliphatic rings. The summed E-state index contributed by atoms with van der Waals surface area (Å²) in [5.74, 6) is -1.39. The number of hydrogen-bond donors (Lipinski definition) is 1. The highest BCUT2D eigenvalue weighted by Gasteiger charge is 2.34. The number of carboxylic acid groups (broad SMARTS) is 1. The number of carboxylic acids is 1. The number of aliphatic carboxylic acids is 1. The summed E-state index contributed by atoms with van der Waals surface area (Å²) in [6, 6.07) is 0. The maximum absolute atomic E-state index is 12.2. The summed E-state index contributed by atoms with van der Waals surface area (Å²) in [5.41, 5.74) is 1.14. The van der Waals surface area contributed by atoms with Gasteiger partial charge in [0.05, 0.1) is 0 Å². The van der Waals surface area contributed by atoms with Crippen LogP contribution in [-0.2, 0) is 14.4 Å². The first kappa shape index (κ1) is 16.4. The highest BCUT2D eigenvalue weighted by atomic mass is 16.4. The predicted octanol–water partition coefficient (Wildman–Crippen LogP) is 2.51. The molecule has 2 amide bonds. The molecule has 0 aromatic rings. The van der Waals surface area contributed by atoms with Crippen molar-refractivity contribution < 1.29 is 19.5 Å². The average Bonchev–Trinajstić information content (AvgIpc) is 2.59. The van der Waals surface area contributed by atoms with Crippen LogP contribution in [0.25, 0.3) is 0 Å². The third-order valence-electron chi connectivity index (χ3n) is 3.57. The van der Waals surface area contributed by atoms with Gasteiger partial charge in [-0.05, 0) is 26.2 Å². The fraction of sp³-hybridized carbons (Fsp3) is 0.667. The number of imide groups is 1. The number of rotatable bonds is 9. The van der Waals surface area contributed by atoms with E-state index in [1.165, 1.54) is 4.90 Å². The Kier molecular flexibility index (Phi) is 6.42. The fourth-order valence-electron chi connectivity index (χ4n) is 2.36. The molecule has 0 radical (unpaired) electrons. The van der Waals surface area contributed by atoms with Gasteiger partial charge in [-0.2, -0.15) is 0 Å². The monoisotopic (exact) mass is 281 g/mol. The van der Waals surface area contributed by atoms with Crippen LogP contribution in [0.1, 0.15) is 58.8 Å². The van der Waals surface area contributed by atoms with Crippen LogP contribution in [-0.4, -0.2) is 34.3 Å². The van der Waals surface area contributed by atoms with Gasteiger partial charge in [-0.25, -0.2) is 0 Å². The van der Waals surface area contributed by atoms with Crippen LogP contribution < -0.4 is 0 Å². The van der Waals surface area contributed by atoms with E-state index in [0.717, 1.165) is 25.7 Å². The summed E-state index contributed by atoms with van der Waals surface area (Å²) in [6.45, 7) is 4.01. The number of carbonyl (C=O) groups is 3. The van der Waals surface area contributed by atoms with Crippen molar-refractivity contribution in [2.75, 3.05) is 6.54 Å². The molecule has 0 aliphatic carbocycles. The molecule has 1 N–H and O–H groups in total. The van der Waals surface area contributed by atoms with Crippen molar-refractivity contribution in [3.8, 4) is 0 Å². The second-order valence-corrected chi connectivity index (χ2v) is 5.17. The molecule has 1 aliphatic heterocycles. The maximum atomic E-state index is 12.2. The Morgan fingerprint density at radius 3 is 2.40 bits per heavy atom. The minimum absolute atomic E-state index is 0.0259. The molecule has 0 bridgehead atoms. The van der Waals surface area contributed by atoms with Gasteiger partial charge in [0.1, 0.15) is 0 Å². The largest absolute Gasteiger partial charge is 0.481 e. The van der Waals surface area contributed by atoms with Crippen LogP contribution >= 0.6 is 0 Å². The van der Waals surface area contributed by atoms with E-state index < -0.39 is 5.97 Å². The molecule has 0 saturated carbocycles. The average molecular weight is 281 g/mol. The smallest absolute Gasteiger partial charge is 0.303 e. The van der Waals surface area contributed by atoms with Crippen molar-refractivity contribution in [2.24, 2.45) is 0 Å². The van der Waals surface area contributed by atoms with Crippen LogP contribution in [0.2, 0.25) is 0 Å². The van der Waals surface area contributed by atoms with E-state index in [2.05, 4.69) is 6.92 Å². The molecule has 0 unspecified atom stereocenters. The van der Waals surface area contributed by atoms with E-state index in [0.29, 0.717) is 24.0 Å². The van der Waals surface area contributed by atoms with Crippen LogP contribution in [0, 0.1) is 0 Å². The summed E-state index contributed by atoms with van der Waals surface area (Å²) >= 11 is 0. The second kappa shape index (κ2) is 7.82. The maximum Gasteiger partial charge on any atom is 0.303 e. The Balaban J connectivity index is 2.53. The van der Waals surface area contributed by atoms with E-state index in [9.17, 15) is 14.4 Å². The Morgan fingerprint density at radius 2 is 1.80 bits per heavy atom. The quantitative estimate of drug-likeness (QED) is 0.520. The zero-order valence-corrected chi connectivity index (χ0v) is 12.3. The van der Waals surface area contributed by atoms with Gasteiger partial charge in [0.2, 0.25) is 0 Å². The molecule has 112 valence electrons. The zero-order valence-electron chi connectivity index (χ0n) is 12.3. The number of carbonyl (C=O) groups excluding carboxylic acids is 2. The molecule has 0 aromatic carbocycles. The van der Waals surface area contributed by atoms with E-state index in [-0.39, 0.29) is 24.8 Å². The molecule has 0 atom stereocenters. The molecule has 0 fully saturated rings. The first-order valence-corrected chi connectivity index (χ1v) is 7.26. The number of unbranched alkanes of at least 4 members (excludes halogenated alkanes) is 3. The molecule has 1 heterocycles. The standard InChI is InChI=1S/C15H23NO4/c1-3-4-5-6-8-12-11(2)14(19)16(15(12)20)10-7-9-13(17)18/h3-10H2,1-2H3,(H,17,18). The van der Waals surface area contributed by atoms with Gasteiger partial charge >= 0.3 is 5.97 Å². The van der Waals surface area contributed by atoms with E-state index in [1.54, 1.807) is 6.92 Å². The van der Waals surface area contributed by atoms with E-state index >= 15 is 0 Å². The minimum atomic E-state index is -0.909. The number of nitrogens with zero attached hydrogens (tertiary/aromatic N) is 1. The number of amides is 2. The Morgan fingerprint density at radius 1 is 1.10 bits per heavy atom. The fourth-order valence-corrected chi connectivity index (χ4v) is 2.36. The summed E-state index contributed by atoms with van der Waals surface area (Å²) in [6.07, 6.45) is 5.18. The lowest BCUT2D eigenvalue weighted by molar-refractivity contribution is -0.140. The van der Waals surface area contributed by atoms with Crippen LogP contribution in [0.15, 0.2) is 11.1 Å². The van der Waals surface area contributed by atoms with Gasteiger partial charge in [0.25, 0.3) is 11.8 Å².